The lowest BCUT2D eigenvalue weighted by atomic mass is 10.1. The van der Waals surface area contributed by atoms with Gasteiger partial charge in [0.25, 0.3) is 5.91 Å². The van der Waals surface area contributed by atoms with Crippen LogP contribution in [0.1, 0.15) is 10.4 Å². The van der Waals surface area contributed by atoms with Crippen LogP contribution in [0.4, 0.5) is 14.5 Å². The second-order valence-electron chi connectivity index (χ2n) is 5.98. The third kappa shape index (κ3) is 3.81. The number of anilines is 1. The zero-order chi connectivity index (χ0) is 20.5. The first-order valence-electron chi connectivity index (χ1n) is 8.30. The summed E-state index contributed by atoms with van der Waals surface area (Å²) in [5.41, 5.74) is 1.55. The van der Waals surface area contributed by atoms with Crippen molar-refractivity contribution in [3.8, 4) is 17.0 Å². The van der Waals surface area contributed by atoms with Gasteiger partial charge in [0.15, 0.2) is 5.65 Å². The summed E-state index contributed by atoms with van der Waals surface area (Å²) in [6, 6.07) is 6.26. The highest BCUT2D eigenvalue weighted by molar-refractivity contribution is 9.10. The van der Waals surface area contributed by atoms with Crippen LogP contribution in [0.15, 0.2) is 53.5 Å². The average Bonchev–Trinajstić information content (AvgIpc) is 3.26. The highest BCUT2D eigenvalue weighted by Crippen LogP contribution is 2.37. The van der Waals surface area contributed by atoms with E-state index in [-0.39, 0.29) is 17.0 Å². The number of hydrogen-bond donors (Lipinski definition) is 1. The molecule has 0 bridgehead atoms. The van der Waals surface area contributed by atoms with Crippen LogP contribution in [-0.2, 0) is 7.05 Å². The summed E-state index contributed by atoms with van der Waals surface area (Å²) >= 11 is 3.32. The molecular weight excluding hydrogens is 450 g/mol. The lowest BCUT2D eigenvalue weighted by Crippen LogP contribution is -2.12. The van der Waals surface area contributed by atoms with Gasteiger partial charge in [0.2, 0.25) is 0 Å². The molecule has 0 unspecified atom stereocenters. The van der Waals surface area contributed by atoms with E-state index in [9.17, 15) is 13.6 Å². The maximum Gasteiger partial charge on any atom is 0.387 e. The lowest BCUT2D eigenvalue weighted by molar-refractivity contribution is -0.0494. The Kier molecular flexibility index (Phi) is 4.97. The Hall–Kier alpha value is -3.34. The first kappa shape index (κ1) is 19.0. The maximum absolute atomic E-state index is 12.8. The molecule has 148 valence electrons. The van der Waals surface area contributed by atoms with Gasteiger partial charge in [-0.15, -0.1) is 0 Å². The normalized spacial score (nSPS) is 11.2. The fourth-order valence-electron chi connectivity index (χ4n) is 2.84. The van der Waals surface area contributed by atoms with Gasteiger partial charge in [0.05, 0.1) is 11.9 Å². The van der Waals surface area contributed by atoms with Crippen molar-refractivity contribution in [2.75, 3.05) is 5.32 Å². The number of rotatable bonds is 5. The van der Waals surface area contributed by atoms with Crippen molar-refractivity contribution in [3.05, 3.63) is 59.1 Å². The fourth-order valence-corrected chi connectivity index (χ4v) is 3.20. The number of nitrogens with one attached hydrogen (secondary N) is 1. The number of carbonyl (C=O) groups excluding carboxylic acids is 1. The molecule has 4 rings (SSSR count). The Morgan fingerprint density at radius 3 is 2.97 bits per heavy atom. The minimum Gasteiger partial charge on any atom is -0.434 e. The van der Waals surface area contributed by atoms with E-state index in [2.05, 4.69) is 41.2 Å². The van der Waals surface area contributed by atoms with Gasteiger partial charge >= 0.3 is 6.61 Å². The summed E-state index contributed by atoms with van der Waals surface area (Å²) in [6.07, 6.45) is 6.19. The molecule has 0 spiro atoms. The average molecular weight is 463 g/mol. The van der Waals surface area contributed by atoms with Gasteiger partial charge in [0, 0.05) is 35.7 Å². The first-order valence-corrected chi connectivity index (χ1v) is 9.10. The van der Waals surface area contributed by atoms with E-state index in [1.165, 1.54) is 21.5 Å². The maximum atomic E-state index is 12.8. The highest BCUT2D eigenvalue weighted by Gasteiger charge is 2.21. The van der Waals surface area contributed by atoms with Crippen molar-refractivity contribution in [2.45, 2.75) is 6.61 Å². The number of hydrogen-bond acceptors (Lipinski definition) is 5. The van der Waals surface area contributed by atoms with Crippen molar-refractivity contribution >= 4 is 33.2 Å². The third-order valence-corrected chi connectivity index (χ3v) is 4.51. The van der Waals surface area contributed by atoms with Gasteiger partial charge in [-0.3, -0.25) is 9.48 Å². The monoisotopic (exact) mass is 462 g/mol. The molecule has 0 atom stereocenters. The number of carbonyl (C=O) groups is 1. The number of alkyl halides is 2. The number of fused-ring (bicyclic) bond motifs is 1. The van der Waals surface area contributed by atoms with E-state index in [4.69, 9.17) is 0 Å². The van der Waals surface area contributed by atoms with Gasteiger partial charge in [-0.05, 0) is 24.3 Å². The fraction of sp³-hybridized carbons (Fsp3) is 0.111. The molecular formula is C18H13BrF2N6O2. The van der Waals surface area contributed by atoms with Crippen LogP contribution >= 0.6 is 15.9 Å². The molecule has 1 N–H and O–H groups in total. The molecule has 0 aliphatic rings. The van der Waals surface area contributed by atoms with Crippen LogP contribution in [0.25, 0.3) is 16.9 Å². The minimum atomic E-state index is -3.00. The molecule has 8 nitrogen and oxygen atoms in total. The third-order valence-electron chi connectivity index (χ3n) is 4.01. The lowest BCUT2D eigenvalue weighted by Gasteiger charge is -2.11. The van der Waals surface area contributed by atoms with Crippen molar-refractivity contribution < 1.29 is 18.3 Å². The minimum absolute atomic E-state index is 0.0601. The molecule has 4 aromatic rings. The topological polar surface area (TPSA) is 86.3 Å². The Morgan fingerprint density at radius 2 is 2.17 bits per heavy atom. The predicted octanol–water partition coefficient (Wildman–Crippen LogP) is 3.75. The highest BCUT2D eigenvalue weighted by atomic mass is 79.9. The van der Waals surface area contributed by atoms with E-state index in [1.807, 2.05) is 0 Å². The number of ether oxygens (including phenoxy) is 1. The summed E-state index contributed by atoms with van der Waals surface area (Å²) in [6.45, 7) is -3.00. The van der Waals surface area contributed by atoms with Crippen LogP contribution in [0.2, 0.25) is 0 Å². The molecule has 3 aromatic heterocycles. The Morgan fingerprint density at radius 1 is 1.34 bits per heavy atom. The van der Waals surface area contributed by atoms with Crippen molar-refractivity contribution in [1.82, 2.24) is 24.4 Å². The van der Waals surface area contributed by atoms with Crippen LogP contribution < -0.4 is 10.1 Å². The van der Waals surface area contributed by atoms with Crippen LogP contribution in [0.3, 0.4) is 0 Å². The Bertz CT molecular complexity index is 1210. The Labute approximate surface area is 171 Å². The summed E-state index contributed by atoms with van der Waals surface area (Å²) < 4.78 is 33.8. The molecule has 0 radical (unpaired) electrons. The van der Waals surface area contributed by atoms with Crippen LogP contribution in [0, 0.1) is 0 Å². The number of amides is 1. The molecule has 11 heteroatoms. The van der Waals surface area contributed by atoms with E-state index < -0.39 is 12.5 Å². The molecule has 0 aliphatic carbocycles. The second kappa shape index (κ2) is 7.59. The van der Waals surface area contributed by atoms with Crippen molar-refractivity contribution in [1.29, 1.82) is 0 Å². The summed E-state index contributed by atoms with van der Waals surface area (Å²) in [4.78, 5) is 17.0. The zero-order valence-corrected chi connectivity index (χ0v) is 16.5. The standard InChI is InChI=1S/C18H13BrF2N6O2/c1-26-9-13(24-17(28)12-8-23-27-6-2-5-22-16(12)27)15(25-26)11-7-10(19)3-4-14(11)29-18(20)21/h2-9,18H,1H3,(H,24,28). The smallest absolute Gasteiger partial charge is 0.387 e. The first-order chi connectivity index (χ1) is 13.9. The number of aromatic nitrogens is 5. The Balaban J connectivity index is 1.73. The van der Waals surface area contributed by atoms with Gasteiger partial charge in [-0.25, -0.2) is 9.50 Å². The van der Waals surface area contributed by atoms with Gasteiger partial charge in [-0.1, -0.05) is 15.9 Å². The molecule has 0 aliphatic heterocycles. The zero-order valence-electron chi connectivity index (χ0n) is 14.9. The molecule has 0 saturated carbocycles. The van der Waals surface area contributed by atoms with Gasteiger partial charge in [0.1, 0.15) is 17.0 Å². The molecule has 29 heavy (non-hydrogen) atoms. The van der Waals surface area contributed by atoms with E-state index in [0.29, 0.717) is 21.4 Å². The summed E-state index contributed by atoms with van der Waals surface area (Å²) in [5, 5.41) is 11.1. The largest absolute Gasteiger partial charge is 0.434 e. The van der Waals surface area contributed by atoms with Crippen LogP contribution in [0.5, 0.6) is 5.75 Å². The summed E-state index contributed by atoms with van der Waals surface area (Å²) in [5.74, 6) is -0.519. The molecule has 0 fully saturated rings. The quantitative estimate of drug-likeness (QED) is 0.488. The van der Waals surface area contributed by atoms with Gasteiger partial charge in [-0.2, -0.15) is 19.0 Å². The van der Waals surface area contributed by atoms with Crippen molar-refractivity contribution in [2.24, 2.45) is 7.05 Å². The predicted molar refractivity (Wildman–Crippen MR) is 104 cm³/mol. The van der Waals surface area contributed by atoms with Gasteiger partial charge < -0.3 is 10.1 Å². The van der Waals surface area contributed by atoms with E-state index >= 15 is 0 Å². The number of benzene rings is 1. The van der Waals surface area contributed by atoms with Crippen LogP contribution in [-0.4, -0.2) is 36.9 Å². The molecule has 0 saturated heterocycles. The van der Waals surface area contributed by atoms with Crippen molar-refractivity contribution in [3.63, 3.8) is 0 Å². The summed E-state index contributed by atoms with van der Waals surface area (Å²) in [7, 11) is 1.65. The van der Waals surface area contributed by atoms with E-state index in [0.717, 1.165) is 0 Å². The number of halogens is 3. The van der Waals surface area contributed by atoms with E-state index in [1.54, 1.807) is 43.8 Å². The molecule has 1 amide bonds. The SMILES string of the molecule is Cn1cc(NC(=O)c2cnn3cccnc23)c(-c2cc(Br)ccc2OC(F)F)n1. The number of aryl methyl sites for hydroxylation is 1. The number of nitrogens with zero attached hydrogens (tertiary/aromatic N) is 5. The molecule has 3 heterocycles. The second-order valence-corrected chi connectivity index (χ2v) is 6.90. The molecule has 1 aromatic carbocycles.